The summed E-state index contributed by atoms with van der Waals surface area (Å²) in [5.41, 5.74) is 3.42. The number of anilines is 1. The number of carbonyl (C=O) groups excluding carboxylic acids is 3. The highest BCUT2D eigenvalue weighted by molar-refractivity contribution is 6.06. The lowest BCUT2D eigenvalue weighted by Gasteiger charge is -2.28. The van der Waals surface area contributed by atoms with Gasteiger partial charge in [-0.05, 0) is 42.9 Å². The van der Waals surface area contributed by atoms with Crippen molar-refractivity contribution < 1.29 is 14.4 Å². The molecule has 1 unspecified atom stereocenters. The Morgan fingerprint density at radius 3 is 2.31 bits per heavy atom. The zero-order valence-electron chi connectivity index (χ0n) is 19.3. The van der Waals surface area contributed by atoms with E-state index in [-0.39, 0.29) is 23.5 Å². The van der Waals surface area contributed by atoms with Gasteiger partial charge in [0.2, 0.25) is 5.91 Å². The highest BCUT2D eigenvalue weighted by atomic mass is 16.2. The van der Waals surface area contributed by atoms with Crippen LogP contribution in [0.4, 0.5) is 5.69 Å². The second kappa shape index (κ2) is 9.94. The van der Waals surface area contributed by atoms with Crippen LogP contribution in [0.3, 0.4) is 0 Å². The Kier molecular flexibility index (Phi) is 7.29. The van der Waals surface area contributed by atoms with Crippen LogP contribution in [0.5, 0.6) is 0 Å². The molecule has 1 heterocycles. The number of ketones is 1. The highest BCUT2D eigenvalue weighted by Gasteiger charge is 2.37. The minimum Gasteiger partial charge on any atom is -0.340 e. The van der Waals surface area contributed by atoms with E-state index in [1.54, 1.807) is 18.0 Å². The molecule has 3 rings (SSSR count). The van der Waals surface area contributed by atoms with E-state index in [1.807, 2.05) is 62.4 Å². The number of rotatable bonds is 8. The van der Waals surface area contributed by atoms with E-state index in [0.717, 1.165) is 22.4 Å². The van der Waals surface area contributed by atoms with E-state index in [2.05, 4.69) is 11.9 Å². The molecule has 0 saturated heterocycles. The molecule has 0 bridgehead atoms. The van der Waals surface area contributed by atoms with Gasteiger partial charge < -0.3 is 10.2 Å². The second-order valence-electron chi connectivity index (χ2n) is 8.92. The molecule has 5 nitrogen and oxygen atoms in total. The van der Waals surface area contributed by atoms with Crippen LogP contribution in [0, 0.1) is 17.8 Å². The number of para-hydroxylation sites is 1. The summed E-state index contributed by atoms with van der Waals surface area (Å²) < 4.78 is 0. The summed E-state index contributed by atoms with van der Waals surface area (Å²) in [5, 5.41) is 3.01. The molecule has 1 aliphatic heterocycles. The van der Waals surface area contributed by atoms with E-state index >= 15 is 0 Å². The van der Waals surface area contributed by atoms with E-state index in [9.17, 15) is 14.4 Å². The van der Waals surface area contributed by atoms with Gasteiger partial charge in [0.15, 0.2) is 0 Å². The first-order chi connectivity index (χ1) is 15.3. The molecule has 5 heteroatoms. The number of nitrogens with one attached hydrogen (secondary N) is 1. The van der Waals surface area contributed by atoms with Crippen molar-refractivity contribution in [3.63, 3.8) is 0 Å². The number of fused-ring (bicyclic) bond motifs is 3. The maximum absolute atomic E-state index is 13.5. The molecule has 2 amide bonds. The van der Waals surface area contributed by atoms with Crippen molar-refractivity contribution in [3.8, 4) is 11.1 Å². The monoisotopic (exact) mass is 432 g/mol. The zero-order chi connectivity index (χ0) is 23.4. The third kappa shape index (κ3) is 4.67. The van der Waals surface area contributed by atoms with Crippen LogP contribution in [0.1, 0.15) is 45.2 Å². The van der Waals surface area contributed by atoms with E-state index in [0.29, 0.717) is 12.8 Å². The van der Waals surface area contributed by atoms with E-state index < -0.39 is 17.9 Å². The number of amides is 2. The fourth-order valence-electron chi connectivity index (χ4n) is 4.58. The topological polar surface area (TPSA) is 66.5 Å². The molecule has 32 heavy (non-hydrogen) atoms. The van der Waals surface area contributed by atoms with Gasteiger partial charge >= 0.3 is 0 Å². The molecule has 3 atom stereocenters. The van der Waals surface area contributed by atoms with Crippen LogP contribution in [0.15, 0.2) is 61.2 Å². The maximum Gasteiger partial charge on any atom is 0.253 e. The highest BCUT2D eigenvalue weighted by Crippen LogP contribution is 2.39. The fourth-order valence-corrected chi connectivity index (χ4v) is 4.58. The Morgan fingerprint density at radius 2 is 1.69 bits per heavy atom. The Morgan fingerprint density at radius 1 is 1.06 bits per heavy atom. The molecular weight excluding hydrogens is 400 g/mol. The average molecular weight is 433 g/mol. The van der Waals surface area contributed by atoms with Crippen molar-refractivity contribution >= 4 is 23.3 Å². The molecular formula is C27H32N2O3. The van der Waals surface area contributed by atoms with Gasteiger partial charge in [0.05, 0.1) is 5.69 Å². The van der Waals surface area contributed by atoms with E-state index in [4.69, 9.17) is 0 Å². The Hall–Kier alpha value is -3.21. The summed E-state index contributed by atoms with van der Waals surface area (Å²) in [4.78, 5) is 41.0. The molecule has 1 aliphatic rings. The molecule has 0 saturated carbocycles. The third-order valence-corrected chi connectivity index (χ3v) is 6.18. The van der Waals surface area contributed by atoms with Gasteiger partial charge in [-0.15, -0.1) is 6.58 Å². The third-order valence-electron chi connectivity index (χ3n) is 6.18. The smallest absolute Gasteiger partial charge is 0.253 e. The summed E-state index contributed by atoms with van der Waals surface area (Å²) in [6, 6.07) is 14.6. The lowest BCUT2D eigenvalue weighted by Crippen LogP contribution is -2.45. The first kappa shape index (κ1) is 23.5. The Labute approximate surface area is 190 Å². The van der Waals surface area contributed by atoms with Crippen LogP contribution in [-0.2, 0) is 14.4 Å². The van der Waals surface area contributed by atoms with Crippen molar-refractivity contribution in [1.29, 1.82) is 0 Å². The Balaban J connectivity index is 2.03. The number of Topliss-reactive ketones (excluding diaryl/α,β-unsaturated/α-hetero) is 1. The van der Waals surface area contributed by atoms with Crippen molar-refractivity contribution in [3.05, 3.63) is 66.7 Å². The van der Waals surface area contributed by atoms with Gasteiger partial charge in [-0.1, -0.05) is 62.4 Å². The molecule has 0 fully saturated rings. The number of carbonyl (C=O) groups is 3. The van der Waals surface area contributed by atoms with Crippen molar-refractivity contribution in [2.75, 3.05) is 11.9 Å². The summed E-state index contributed by atoms with van der Waals surface area (Å²) in [7, 11) is 1.73. The van der Waals surface area contributed by atoms with Gasteiger partial charge in [0.25, 0.3) is 5.91 Å². The van der Waals surface area contributed by atoms with Crippen LogP contribution in [-0.4, -0.2) is 24.6 Å². The first-order valence-electron chi connectivity index (χ1n) is 11.1. The predicted octanol–water partition coefficient (Wildman–Crippen LogP) is 4.93. The number of benzene rings is 2. The van der Waals surface area contributed by atoms with Crippen LogP contribution >= 0.6 is 0 Å². The SMILES string of the molecule is C=CC[C@H](C(C)=O)[C@@H](CC(C)C)C(=O)NC1C(=O)N(C)c2ccccc2-c2ccccc21. The molecule has 0 radical (unpaired) electrons. The normalized spacial score (nSPS) is 17.1. The fraction of sp³-hybridized carbons (Fsp3) is 0.370. The second-order valence-corrected chi connectivity index (χ2v) is 8.92. The van der Waals surface area contributed by atoms with Gasteiger partial charge in [-0.3, -0.25) is 14.4 Å². The van der Waals surface area contributed by atoms with Crippen LogP contribution in [0.2, 0.25) is 0 Å². The molecule has 2 aromatic carbocycles. The van der Waals surface area contributed by atoms with Crippen LogP contribution in [0.25, 0.3) is 11.1 Å². The quantitative estimate of drug-likeness (QED) is 0.602. The summed E-state index contributed by atoms with van der Waals surface area (Å²) >= 11 is 0. The van der Waals surface area contributed by atoms with Gasteiger partial charge in [-0.2, -0.15) is 0 Å². The molecule has 0 aromatic heterocycles. The van der Waals surface area contributed by atoms with Crippen molar-refractivity contribution in [1.82, 2.24) is 5.32 Å². The minimum atomic E-state index is -0.831. The number of likely N-dealkylation sites (N-methyl/N-ethyl adjacent to an activating group) is 1. The molecule has 0 aliphatic carbocycles. The maximum atomic E-state index is 13.5. The van der Waals surface area contributed by atoms with Gasteiger partial charge in [-0.25, -0.2) is 0 Å². The summed E-state index contributed by atoms with van der Waals surface area (Å²) in [6.45, 7) is 9.34. The number of hydrogen-bond acceptors (Lipinski definition) is 3. The Bertz CT molecular complexity index is 1030. The number of nitrogens with zero attached hydrogens (tertiary/aromatic N) is 1. The lowest BCUT2D eigenvalue weighted by atomic mass is 9.80. The van der Waals surface area contributed by atoms with Gasteiger partial charge in [0.1, 0.15) is 11.8 Å². The summed E-state index contributed by atoms with van der Waals surface area (Å²) in [6.07, 6.45) is 2.67. The number of hydrogen-bond donors (Lipinski definition) is 1. The van der Waals surface area contributed by atoms with Crippen molar-refractivity contribution in [2.45, 2.75) is 39.7 Å². The largest absolute Gasteiger partial charge is 0.340 e. The zero-order valence-corrected chi connectivity index (χ0v) is 19.3. The summed E-state index contributed by atoms with van der Waals surface area (Å²) in [5.74, 6) is -1.28. The van der Waals surface area contributed by atoms with Crippen LogP contribution < -0.4 is 10.2 Å². The molecule has 168 valence electrons. The van der Waals surface area contributed by atoms with Gasteiger partial charge in [0, 0.05) is 24.4 Å². The number of allylic oxidation sites excluding steroid dienone is 1. The predicted molar refractivity (Wildman–Crippen MR) is 128 cm³/mol. The molecule has 2 aromatic rings. The first-order valence-corrected chi connectivity index (χ1v) is 11.1. The lowest BCUT2D eigenvalue weighted by molar-refractivity contribution is -0.135. The van der Waals surface area contributed by atoms with E-state index in [1.165, 1.54) is 6.92 Å². The van der Waals surface area contributed by atoms with Crippen molar-refractivity contribution in [2.24, 2.45) is 17.8 Å². The molecule has 0 spiro atoms. The minimum absolute atomic E-state index is 0.0391. The average Bonchev–Trinajstić information content (AvgIpc) is 2.85. The standard InChI is InChI=1S/C27H32N2O3/c1-6-11-19(18(4)30)23(16-17(2)3)26(31)28-25-22-14-8-7-12-20(22)21-13-9-10-15-24(21)29(5)27(25)32/h6-10,12-15,17,19,23,25H,1,11,16H2,2-5H3,(H,28,31)/t19-,23-,25?/m1/s1. The molecule has 1 N–H and O–H groups in total.